The minimum Gasteiger partial charge on any atom is -0.459 e. The van der Waals surface area contributed by atoms with E-state index in [0.717, 1.165) is 25.7 Å². The summed E-state index contributed by atoms with van der Waals surface area (Å²) in [5, 5.41) is 15.2. The maximum absolute atomic E-state index is 13.4. The number of nitrogens with zero attached hydrogens (tertiary/aromatic N) is 1. The summed E-state index contributed by atoms with van der Waals surface area (Å²) in [5.41, 5.74) is 1.94. The number of esters is 1. The van der Waals surface area contributed by atoms with Crippen molar-refractivity contribution >= 4 is 17.4 Å². The monoisotopic (exact) mass is 440 g/mol. The summed E-state index contributed by atoms with van der Waals surface area (Å²) < 4.78 is 16.6. The molecule has 0 bridgehead atoms. The molecule has 1 aromatic carbocycles. The van der Waals surface area contributed by atoms with Crippen LogP contribution >= 0.6 is 0 Å². The topological polar surface area (TPSA) is 117 Å². The Balaban J connectivity index is 1.66. The summed E-state index contributed by atoms with van der Waals surface area (Å²) >= 11 is 0. The third-order valence-electron chi connectivity index (χ3n) is 6.60. The predicted molar refractivity (Wildman–Crippen MR) is 112 cm³/mol. The first-order valence-electron chi connectivity index (χ1n) is 11.0. The van der Waals surface area contributed by atoms with E-state index in [-0.39, 0.29) is 41.3 Å². The number of fused-ring (bicyclic) bond motifs is 1. The number of allylic oxidation sites excluding steroid dienone is 3. The second-order valence-electron chi connectivity index (χ2n) is 8.60. The predicted octanol–water partition coefficient (Wildman–Crippen LogP) is 3.78. The van der Waals surface area contributed by atoms with Gasteiger partial charge in [-0.15, -0.1) is 0 Å². The molecule has 0 radical (unpaired) electrons. The minimum atomic E-state index is -0.900. The van der Waals surface area contributed by atoms with Gasteiger partial charge in [0.15, 0.2) is 17.3 Å². The Labute approximate surface area is 184 Å². The van der Waals surface area contributed by atoms with Crippen LogP contribution in [0.25, 0.3) is 0 Å². The van der Waals surface area contributed by atoms with Crippen LogP contribution in [0.2, 0.25) is 0 Å². The molecule has 0 spiro atoms. The Morgan fingerprint density at radius 2 is 1.88 bits per heavy atom. The number of nitro benzene ring substituents is 1. The molecule has 2 aliphatic heterocycles. The number of hydrogen-bond acceptors (Lipinski definition) is 8. The fourth-order valence-electron chi connectivity index (χ4n) is 5.12. The number of nitrogens with one attached hydrogen (secondary N) is 1. The number of Topliss-reactive ketones (excluding diaryl/α,β-unsaturated/α-hetero) is 1. The lowest BCUT2D eigenvalue weighted by molar-refractivity contribution is -0.385. The van der Waals surface area contributed by atoms with Crippen LogP contribution < -0.4 is 14.8 Å². The summed E-state index contributed by atoms with van der Waals surface area (Å²) in [6, 6.07) is 2.83. The summed E-state index contributed by atoms with van der Waals surface area (Å²) in [7, 11) is 0. The summed E-state index contributed by atoms with van der Waals surface area (Å²) in [6.45, 7) is 1.71. The lowest BCUT2D eigenvalue weighted by Crippen LogP contribution is -2.35. The molecular formula is C23H24N2O7. The lowest BCUT2D eigenvalue weighted by Gasteiger charge is -2.34. The Hall–Kier alpha value is -3.36. The highest BCUT2D eigenvalue weighted by molar-refractivity contribution is 6.04. The quantitative estimate of drug-likeness (QED) is 0.427. The van der Waals surface area contributed by atoms with Gasteiger partial charge in [0.25, 0.3) is 5.69 Å². The van der Waals surface area contributed by atoms with Crippen molar-refractivity contribution in [3.8, 4) is 11.5 Å². The van der Waals surface area contributed by atoms with Gasteiger partial charge >= 0.3 is 5.97 Å². The first-order chi connectivity index (χ1) is 15.4. The molecule has 1 saturated carbocycles. The molecule has 1 aromatic rings. The van der Waals surface area contributed by atoms with E-state index in [4.69, 9.17) is 14.2 Å². The van der Waals surface area contributed by atoms with Gasteiger partial charge in [-0.25, -0.2) is 4.79 Å². The van der Waals surface area contributed by atoms with Gasteiger partial charge in [-0.3, -0.25) is 14.9 Å². The van der Waals surface area contributed by atoms with E-state index < -0.39 is 16.8 Å². The molecule has 0 saturated heterocycles. The molecular weight excluding hydrogens is 416 g/mol. The van der Waals surface area contributed by atoms with E-state index >= 15 is 0 Å². The zero-order valence-electron chi connectivity index (χ0n) is 17.8. The molecule has 2 aliphatic carbocycles. The molecule has 0 aromatic heterocycles. The van der Waals surface area contributed by atoms with Crippen molar-refractivity contribution in [2.45, 2.75) is 63.9 Å². The molecule has 4 aliphatic rings. The van der Waals surface area contributed by atoms with Crippen LogP contribution in [-0.4, -0.2) is 29.6 Å². The van der Waals surface area contributed by atoms with Gasteiger partial charge in [0.1, 0.15) is 6.10 Å². The van der Waals surface area contributed by atoms with Crippen molar-refractivity contribution in [2.75, 3.05) is 6.79 Å². The van der Waals surface area contributed by atoms with Gasteiger partial charge in [-0.1, -0.05) is 0 Å². The van der Waals surface area contributed by atoms with Crippen LogP contribution in [0.5, 0.6) is 11.5 Å². The van der Waals surface area contributed by atoms with Crippen LogP contribution in [0.4, 0.5) is 5.69 Å². The van der Waals surface area contributed by atoms with Crippen molar-refractivity contribution < 1.29 is 28.7 Å². The largest absolute Gasteiger partial charge is 0.459 e. The average Bonchev–Trinajstić information content (AvgIpc) is 3.43. The minimum absolute atomic E-state index is 0.0412. The van der Waals surface area contributed by atoms with Crippen LogP contribution in [0.15, 0.2) is 34.7 Å². The number of ether oxygens (including phenoxy) is 3. The van der Waals surface area contributed by atoms with E-state index in [1.807, 2.05) is 0 Å². The first-order valence-corrected chi connectivity index (χ1v) is 11.0. The Morgan fingerprint density at radius 3 is 2.59 bits per heavy atom. The highest BCUT2D eigenvalue weighted by atomic mass is 16.7. The third kappa shape index (κ3) is 3.41. The zero-order valence-corrected chi connectivity index (χ0v) is 17.8. The highest BCUT2D eigenvalue weighted by Crippen LogP contribution is 2.49. The SMILES string of the molecule is CC1=C(C(=O)OC2CCCC2)[C@H](c2cc3c(cc2[N+](=O)[O-])OCO3)C2=C(CCCC2=O)N1. The standard InChI is InChI=1S/C23H24N2O7/c1-12-20(23(27)32-13-5-2-3-6-13)21(22-15(24-12)7-4-8-17(22)26)14-9-18-19(31-11-30-18)10-16(14)25(28)29/h9-10,13,21,24H,2-8,11H2,1H3/t21-/m0/s1. The number of carbonyl (C=O) groups is 2. The van der Waals surface area contributed by atoms with Gasteiger partial charge in [0.2, 0.25) is 6.79 Å². The maximum atomic E-state index is 13.4. The van der Waals surface area contributed by atoms with Gasteiger partial charge < -0.3 is 19.5 Å². The van der Waals surface area contributed by atoms with Gasteiger partial charge in [-0.2, -0.15) is 0 Å². The number of nitro groups is 1. The van der Waals surface area contributed by atoms with Gasteiger partial charge in [0.05, 0.1) is 22.5 Å². The maximum Gasteiger partial charge on any atom is 0.337 e. The molecule has 1 atom stereocenters. The first kappa shape index (κ1) is 20.5. The molecule has 1 fully saturated rings. The molecule has 9 nitrogen and oxygen atoms in total. The number of dihydropyridines is 1. The Morgan fingerprint density at radius 1 is 1.16 bits per heavy atom. The molecule has 9 heteroatoms. The zero-order chi connectivity index (χ0) is 22.4. The van der Waals surface area contributed by atoms with E-state index in [2.05, 4.69) is 5.32 Å². The lowest BCUT2D eigenvalue weighted by atomic mass is 9.74. The fraction of sp³-hybridized carbons (Fsp3) is 0.478. The number of rotatable bonds is 4. The van der Waals surface area contributed by atoms with Crippen LogP contribution in [0, 0.1) is 10.1 Å². The molecule has 5 rings (SSSR count). The molecule has 0 amide bonds. The summed E-state index contributed by atoms with van der Waals surface area (Å²) in [4.78, 5) is 37.9. The van der Waals surface area contributed by atoms with Crippen LogP contribution in [0.3, 0.4) is 0 Å². The summed E-state index contributed by atoms with van der Waals surface area (Å²) in [6.07, 6.45) is 5.08. The molecule has 168 valence electrons. The molecule has 2 heterocycles. The van der Waals surface area contributed by atoms with Crippen molar-refractivity contribution in [3.05, 3.63) is 50.4 Å². The van der Waals surface area contributed by atoms with E-state index in [0.29, 0.717) is 42.0 Å². The van der Waals surface area contributed by atoms with E-state index in [1.54, 1.807) is 6.92 Å². The van der Waals surface area contributed by atoms with Crippen LogP contribution in [0.1, 0.15) is 63.4 Å². The highest BCUT2D eigenvalue weighted by Gasteiger charge is 2.43. The van der Waals surface area contributed by atoms with Crippen molar-refractivity contribution in [3.63, 3.8) is 0 Å². The van der Waals surface area contributed by atoms with Crippen molar-refractivity contribution in [1.82, 2.24) is 5.32 Å². The molecule has 32 heavy (non-hydrogen) atoms. The van der Waals surface area contributed by atoms with Crippen LogP contribution in [-0.2, 0) is 14.3 Å². The van der Waals surface area contributed by atoms with Gasteiger partial charge in [-0.05, 0) is 51.5 Å². The number of ketones is 1. The normalized spacial score (nSPS) is 22.7. The van der Waals surface area contributed by atoms with E-state index in [1.165, 1.54) is 12.1 Å². The van der Waals surface area contributed by atoms with Crippen molar-refractivity contribution in [2.24, 2.45) is 0 Å². The molecule has 0 unspecified atom stereocenters. The number of hydrogen-bond donors (Lipinski definition) is 1. The second kappa shape index (κ2) is 7.96. The summed E-state index contributed by atoms with van der Waals surface area (Å²) in [5.74, 6) is -0.925. The average molecular weight is 440 g/mol. The number of benzene rings is 1. The number of carbonyl (C=O) groups excluding carboxylic acids is 2. The smallest absolute Gasteiger partial charge is 0.337 e. The van der Waals surface area contributed by atoms with Crippen molar-refractivity contribution in [1.29, 1.82) is 0 Å². The van der Waals surface area contributed by atoms with Gasteiger partial charge in [0, 0.05) is 29.0 Å². The van der Waals surface area contributed by atoms with E-state index in [9.17, 15) is 19.7 Å². The molecule has 1 N–H and O–H groups in total. The fourth-order valence-corrected chi connectivity index (χ4v) is 5.12. The Bertz CT molecular complexity index is 1080. The second-order valence-corrected chi connectivity index (χ2v) is 8.60. The Kier molecular flexibility index (Phi) is 5.11. The third-order valence-corrected chi connectivity index (χ3v) is 6.60.